The summed E-state index contributed by atoms with van der Waals surface area (Å²) in [7, 11) is 1.71. The largest absolute Gasteiger partial charge is 0.317 e. The Morgan fingerprint density at radius 3 is 2.64 bits per heavy atom. The van der Waals surface area contributed by atoms with E-state index in [4.69, 9.17) is 0 Å². The third-order valence-electron chi connectivity index (χ3n) is 5.35. The Hall–Kier alpha value is -2.47. The summed E-state index contributed by atoms with van der Waals surface area (Å²) in [5.74, 6) is 0.186. The number of β-lactam (4-membered cyclic amide) rings is 1. The number of aromatic nitrogens is 2. The number of carbonyl (C=O) groups excluding carboxylic acids is 1. The molecule has 4 rings (SSSR count). The summed E-state index contributed by atoms with van der Waals surface area (Å²) in [5, 5.41) is 0. The van der Waals surface area contributed by atoms with E-state index in [9.17, 15) is 9.59 Å². The molecule has 0 radical (unpaired) electrons. The van der Waals surface area contributed by atoms with Crippen molar-refractivity contribution >= 4 is 11.6 Å². The van der Waals surface area contributed by atoms with Crippen LogP contribution in [0.3, 0.4) is 0 Å². The van der Waals surface area contributed by atoms with E-state index in [0.29, 0.717) is 0 Å². The SMILES string of the molecule is Cn1cc(N2CC3(CCCN(Cc4ccncc4)C3)C2=O)ccc1=O. The van der Waals surface area contributed by atoms with Crippen LogP contribution in [0.2, 0.25) is 0 Å². The zero-order valence-corrected chi connectivity index (χ0v) is 14.4. The van der Waals surface area contributed by atoms with E-state index in [2.05, 4.69) is 9.88 Å². The molecule has 2 saturated heterocycles. The summed E-state index contributed by atoms with van der Waals surface area (Å²) in [6, 6.07) is 7.32. The molecular formula is C19H22N4O2. The summed E-state index contributed by atoms with van der Waals surface area (Å²) in [6.45, 7) is 3.42. The zero-order chi connectivity index (χ0) is 17.4. The molecule has 2 aromatic rings. The van der Waals surface area contributed by atoms with Gasteiger partial charge in [0, 0.05) is 51.3 Å². The predicted molar refractivity (Wildman–Crippen MR) is 95.2 cm³/mol. The molecule has 2 aromatic heterocycles. The molecule has 130 valence electrons. The maximum Gasteiger partial charge on any atom is 0.250 e. The van der Waals surface area contributed by atoms with Crippen LogP contribution in [0.5, 0.6) is 0 Å². The topological polar surface area (TPSA) is 58.4 Å². The summed E-state index contributed by atoms with van der Waals surface area (Å²) in [6.07, 6.45) is 7.35. The van der Waals surface area contributed by atoms with Gasteiger partial charge in [-0.05, 0) is 43.1 Å². The Bertz CT molecular complexity index is 848. The van der Waals surface area contributed by atoms with Crippen LogP contribution in [0, 0.1) is 5.41 Å². The van der Waals surface area contributed by atoms with Crippen molar-refractivity contribution in [2.24, 2.45) is 12.5 Å². The Morgan fingerprint density at radius 1 is 1.12 bits per heavy atom. The zero-order valence-electron chi connectivity index (χ0n) is 14.4. The van der Waals surface area contributed by atoms with Crippen LogP contribution in [-0.2, 0) is 18.4 Å². The van der Waals surface area contributed by atoms with E-state index in [0.717, 1.165) is 44.7 Å². The lowest BCUT2D eigenvalue weighted by molar-refractivity contribution is -0.139. The Morgan fingerprint density at radius 2 is 1.92 bits per heavy atom. The molecule has 0 bridgehead atoms. The molecule has 4 heterocycles. The monoisotopic (exact) mass is 338 g/mol. The summed E-state index contributed by atoms with van der Waals surface area (Å²) in [4.78, 5) is 32.7. The van der Waals surface area contributed by atoms with Crippen LogP contribution in [0.1, 0.15) is 18.4 Å². The minimum Gasteiger partial charge on any atom is -0.317 e. The van der Waals surface area contributed by atoms with E-state index >= 15 is 0 Å². The second kappa shape index (κ2) is 6.11. The molecule has 1 atom stereocenters. The molecule has 6 nitrogen and oxygen atoms in total. The van der Waals surface area contributed by atoms with Crippen molar-refractivity contribution in [1.82, 2.24) is 14.5 Å². The highest BCUT2D eigenvalue weighted by Gasteiger charge is 2.54. The number of likely N-dealkylation sites (tertiary alicyclic amines) is 1. The van der Waals surface area contributed by atoms with Crippen molar-refractivity contribution in [3.8, 4) is 0 Å². The molecular weight excluding hydrogens is 316 g/mol. The van der Waals surface area contributed by atoms with Crippen LogP contribution in [0.15, 0.2) is 47.7 Å². The van der Waals surface area contributed by atoms with Crippen molar-refractivity contribution in [2.45, 2.75) is 19.4 Å². The maximum absolute atomic E-state index is 12.9. The summed E-state index contributed by atoms with van der Waals surface area (Å²) >= 11 is 0. The highest BCUT2D eigenvalue weighted by molar-refractivity contribution is 6.04. The molecule has 2 aliphatic rings. The predicted octanol–water partition coefficient (Wildman–Crippen LogP) is 1.41. The number of carbonyl (C=O) groups is 1. The summed E-state index contributed by atoms with van der Waals surface area (Å²) < 4.78 is 1.52. The van der Waals surface area contributed by atoms with Crippen molar-refractivity contribution in [3.63, 3.8) is 0 Å². The number of hydrogen-bond donors (Lipinski definition) is 0. The molecule has 2 aliphatic heterocycles. The van der Waals surface area contributed by atoms with Gasteiger partial charge in [-0.25, -0.2) is 0 Å². The Kier molecular flexibility index (Phi) is 3.92. The van der Waals surface area contributed by atoms with Crippen LogP contribution < -0.4 is 10.5 Å². The van der Waals surface area contributed by atoms with Gasteiger partial charge in [-0.1, -0.05) is 0 Å². The quantitative estimate of drug-likeness (QED) is 0.794. The molecule has 1 amide bonds. The van der Waals surface area contributed by atoms with E-state index in [1.165, 1.54) is 16.2 Å². The molecule has 6 heteroatoms. The minimum atomic E-state index is -0.264. The van der Waals surface area contributed by atoms with Crippen LogP contribution in [0.4, 0.5) is 5.69 Å². The molecule has 0 saturated carbocycles. The molecule has 1 spiro atoms. The van der Waals surface area contributed by atoms with Gasteiger partial charge in [0.15, 0.2) is 0 Å². The minimum absolute atomic E-state index is 0.0624. The van der Waals surface area contributed by atoms with Crippen LogP contribution in [0.25, 0.3) is 0 Å². The first-order valence-electron chi connectivity index (χ1n) is 8.67. The first kappa shape index (κ1) is 16.0. The Balaban J connectivity index is 1.47. The first-order valence-corrected chi connectivity index (χ1v) is 8.67. The Labute approximate surface area is 146 Å². The van der Waals surface area contributed by atoms with E-state index in [1.807, 2.05) is 24.5 Å². The van der Waals surface area contributed by atoms with E-state index < -0.39 is 0 Å². The lowest BCUT2D eigenvalue weighted by atomic mass is 9.72. The van der Waals surface area contributed by atoms with E-state index in [1.54, 1.807) is 24.2 Å². The molecule has 0 aliphatic carbocycles. The van der Waals surface area contributed by atoms with Gasteiger partial charge >= 0.3 is 0 Å². The standard InChI is InChI=1S/C19H22N4O2/c1-21-12-16(3-4-17(21)24)23-14-19(18(23)25)7-2-10-22(13-19)11-15-5-8-20-9-6-15/h3-6,8-9,12H,2,7,10-11,13-14H2,1H3. The number of nitrogens with zero attached hydrogens (tertiary/aromatic N) is 4. The van der Waals surface area contributed by atoms with Crippen molar-refractivity contribution in [1.29, 1.82) is 0 Å². The lowest BCUT2D eigenvalue weighted by Gasteiger charge is -2.53. The fraction of sp³-hybridized carbons (Fsp3) is 0.421. The van der Waals surface area contributed by atoms with E-state index in [-0.39, 0.29) is 16.9 Å². The third kappa shape index (κ3) is 2.87. The molecule has 0 aromatic carbocycles. The molecule has 25 heavy (non-hydrogen) atoms. The number of hydrogen-bond acceptors (Lipinski definition) is 4. The third-order valence-corrected chi connectivity index (χ3v) is 5.35. The van der Waals surface area contributed by atoms with Crippen molar-refractivity contribution < 1.29 is 4.79 Å². The first-order chi connectivity index (χ1) is 12.1. The second-order valence-electron chi connectivity index (χ2n) is 7.18. The fourth-order valence-corrected chi connectivity index (χ4v) is 4.00. The summed E-state index contributed by atoms with van der Waals surface area (Å²) in [5.41, 5.74) is 1.71. The molecule has 0 N–H and O–H groups in total. The highest BCUT2D eigenvalue weighted by atomic mass is 16.2. The van der Waals surface area contributed by atoms with Gasteiger partial charge in [0.1, 0.15) is 0 Å². The fourth-order valence-electron chi connectivity index (χ4n) is 4.00. The van der Waals surface area contributed by atoms with Gasteiger partial charge in [0.2, 0.25) is 11.5 Å². The van der Waals surface area contributed by atoms with Gasteiger partial charge < -0.3 is 9.47 Å². The average Bonchev–Trinajstić information content (AvgIpc) is 2.63. The number of rotatable bonds is 3. The number of anilines is 1. The number of amides is 1. The molecule has 2 fully saturated rings. The van der Waals surface area contributed by atoms with Gasteiger partial charge in [-0.3, -0.25) is 19.5 Å². The number of pyridine rings is 2. The van der Waals surface area contributed by atoms with Gasteiger partial charge in [0.05, 0.1) is 11.1 Å². The second-order valence-corrected chi connectivity index (χ2v) is 7.18. The van der Waals surface area contributed by atoms with Crippen molar-refractivity contribution in [2.75, 3.05) is 24.5 Å². The van der Waals surface area contributed by atoms with Gasteiger partial charge in [-0.15, -0.1) is 0 Å². The number of piperidine rings is 1. The van der Waals surface area contributed by atoms with Gasteiger partial charge in [-0.2, -0.15) is 0 Å². The molecule has 1 unspecified atom stereocenters. The smallest absolute Gasteiger partial charge is 0.250 e. The average molecular weight is 338 g/mol. The van der Waals surface area contributed by atoms with Crippen LogP contribution in [-0.4, -0.2) is 40.0 Å². The highest BCUT2D eigenvalue weighted by Crippen LogP contribution is 2.42. The number of aryl methyl sites for hydroxylation is 1. The van der Waals surface area contributed by atoms with Crippen LogP contribution >= 0.6 is 0 Å². The van der Waals surface area contributed by atoms with Crippen molar-refractivity contribution in [3.05, 3.63) is 58.8 Å². The van der Waals surface area contributed by atoms with Gasteiger partial charge in [0.25, 0.3) is 0 Å². The normalized spacial score (nSPS) is 23.7. The lowest BCUT2D eigenvalue weighted by Crippen LogP contribution is -2.67. The maximum atomic E-state index is 12.9.